The molecule has 0 aliphatic rings. The SMILES string of the molecule is Cc1ccc(NC(=S)Nc2ccc3ccccc3c2)cc1C. The Morgan fingerprint density at radius 3 is 2.09 bits per heavy atom. The molecule has 3 aromatic carbocycles. The van der Waals surface area contributed by atoms with E-state index < -0.39 is 0 Å². The second-order valence-corrected chi connectivity index (χ2v) is 5.85. The third-order valence-corrected chi connectivity index (χ3v) is 3.98. The number of rotatable bonds is 2. The van der Waals surface area contributed by atoms with Gasteiger partial charge in [0.1, 0.15) is 0 Å². The van der Waals surface area contributed by atoms with Crippen LogP contribution < -0.4 is 10.6 Å². The number of thiocarbonyl (C=S) groups is 1. The zero-order valence-electron chi connectivity index (χ0n) is 12.7. The molecule has 110 valence electrons. The van der Waals surface area contributed by atoms with Crippen molar-refractivity contribution in [1.82, 2.24) is 0 Å². The summed E-state index contributed by atoms with van der Waals surface area (Å²) in [5.74, 6) is 0. The molecule has 3 heteroatoms. The van der Waals surface area contributed by atoms with E-state index in [0.717, 1.165) is 11.4 Å². The van der Waals surface area contributed by atoms with E-state index in [-0.39, 0.29) is 0 Å². The summed E-state index contributed by atoms with van der Waals surface area (Å²) in [6, 6.07) is 20.7. The topological polar surface area (TPSA) is 24.1 Å². The lowest BCUT2D eigenvalue weighted by molar-refractivity contribution is 1.34. The molecule has 0 spiro atoms. The number of hydrogen-bond donors (Lipinski definition) is 2. The molecule has 0 heterocycles. The van der Waals surface area contributed by atoms with E-state index in [0.29, 0.717) is 5.11 Å². The van der Waals surface area contributed by atoms with Gasteiger partial charge in [0.25, 0.3) is 0 Å². The van der Waals surface area contributed by atoms with Crippen LogP contribution in [0.3, 0.4) is 0 Å². The number of aryl methyl sites for hydroxylation is 2. The van der Waals surface area contributed by atoms with Gasteiger partial charge in [-0.2, -0.15) is 0 Å². The van der Waals surface area contributed by atoms with Crippen molar-refractivity contribution in [1.29, 1.82) is 0 Å². The Labute approximate surface area is 136 Å². The van der Waals surface area contributed by atoms with Crippen molar-refractivity contribution >= 4 is 39.5 Å². The fourth-order valence-electron chi connectivity index (χ4n) is 2.38. The average molecular weight is 306 g/mol. The van der Waals surface area contributed by atoms with Crippen LogP contribution in [0.25, 0.3) is 10.8 Å². The van der Waals surface area contributed by atoms with Gasteiger partial charge < -0.3 is 10.6 Å². The van der Waals surface area contributed by atoms with Gasteiger partial charge in [0.05, 0.1) is 0 Å². The summed E-state index contributed by atoms with van der Waals surface area (Å²) < 4.78 is 0. The molecular weight excluding hydrogens is 288 g/mol. The normalized spacial score (nSPS) is 10.5. The Balaban J connectivity index is 1.73. The van der Waals surface area contributed by atoms with Gasteiger partial charge in [-0.3, -0.25) is 0 Å². The van der Waals surface area contributed by atoms with Crippen molar-refractivity contribution in [3.8, 4) is 0 Å². The van der Waals surface area contributed by atoms with Gasteiger partial charge in [-0.25, -0.2) is 0 Å². The molecule has 0 fully saturated rings. The minimum atomic E-state index is 0.596. The van der Waals surface area contributed by atoms with E-state index >= 15 is 0 Å². The Hall–Kier alpha value is -2.39. The maximum atomic E-state index is 5.39. The van der Waals surface area contributed by atoms with Crippen LogP contribution in [-0.4, -0.2) is 5.11 Å². The zero-order valence-corrected chi connectivity index (χ0v) is 13.5. The van der Waals surface area contributed by atoms with Crippen LogP contribution in [0.5, 0.6) is 0 Å². The lowest BCUT2D eigenvalue weighted by atomic mass is 10.1. The second-order valence-electron chi connectivity index (χ2n) is 5.44. The predicted molar refractivity (Wildman–Crippen MR) is 99.7 cm³/mol. The molecule has 0 saturated carbocycles. The van der Waals surface area contributed by atoms with Gasteiger partial charge in [-0.05, 0) is 72.2 Å². The maximum absolute atomic E-state index is 5.39. The van der Waals surface area contributed by atoms with Crippen molar-refractivity contribution in [2.45, 2.75) is 13.8 Å². The van der Waals surface area contributed by atoms with Gasteiger partial charge in [-0.1, -0.05) is 36.4 Å². The summed E-state index contributed by atoms with van der Waals surface area (Å²) in [7, 11) is 0. The number of benzene rings is 3. The lowest BCUT2D eigenvalue weighted by Gasteiger charge is -2.12. The van der Waals surface area contributed by atoms with Crippen LogP contribution in [0.2, 0.25) is 0 Å². The van der Waals surface area contributed by atoms with Crippen LogP contribution in [0.4, 0.5) is 11.4 Å². The number of nitrogens with one attached hydrogen (secondary N) is 2. The van der Waals surface area contributed by atoms with Crippen molar-refractivity contribution in [2.75, 3.05) is 10.6 Å². The molecule has 0 aromatic heterocycles. The first kappa shape index (κ1) is 14.5. The molecule has 3 aromatic rings. The summed E-state index contributed by atoms with van der Waals surface area (Å²) in [5, 5.41) is 9.48. The minimum Gasteiger partial charge on any atom is -0.332 e. The molecule has 2 N–H and O–H groups in total. The van der Waals surface area contributed by atoms with E-state index in [1.165, 1.54) is 21.9 Å². The average Bonchev–Trinajstić information content (AvgIpc) is 2.51. The first-order chi connectivity index (χ1) is 10.6. The molecular formula is C19H18N2S. The first-order valence-corrected chi connectivity index (χ1v) is 7.67. The van der Waals surface area contributed by atoms with Crippen molar-refractivity contribution in [2.24, 2.45) is 0 Å². The van der Waals surface area contributed by atoms with Crippen molar-refractivity contribution in [3.05, 3.63) is 71.8 Å². The minimum absolute atomic E-state index is 0.596. The summed E-state index contributed by atoms with van der Waals surface area (Å²) >= 11 is 5.39. The van der Waals surface area contributed by atoms with Gasteiger partial charge in [0.15, 0.2) is 5.11 Å². The predicted octanol–water partition coefficient (Wildman–Crippen LogP) is 5.27. The highest BCUT2D eigenvalue weighted by molar-refractivity contribution is 7.80. The van der Waals surface area contributed by atoms with E-state index in [2.05, 4.69) is 60.9 Å². The Morgan fingerprint density at radius 2 is 1.36 bits per heavy atom. The Morgan fingerprint density at radius 1 is 0.727 bits per heavy atom. The highest BCUT2D eigenvalue weighted by Gasteiger charge is 2.01. The van der Waals surface area contributed by atoms with Gasteiger partial charge >= 0.3 is 0 Å². The van der Waals surface area contributed by atoms with E-state index in [1.54, 1.807) is 0 Å². The van der Waals surface area contributed by atoms with Crippen molar-refractivity contribution in [3.63, 3.8) is 0 Å². The summed E-state index contributed by atoms with van der Waals surface area (Å²) in [6.07, 6.45) is 0. The quantitative estimate of drug-likeness (QED) is 0.631. The summed E-state index contributed by atoms with van der Waals surface area (Å²) in [4.78, 5) is 0. The maximum Gasteiger partial charge on any atom is 0.175 e. The fourth-order valence-corrected chi connectivity index (χ4v) is 2.62. The Bertz CT molecular complexity index is 840. The van der Waals surface area contributed by atoms with E-state index in [1.807, 2.05) is 24.3 Å². The number of hydrogen-bond acceptors (Lipinski definition) is 1. The molecule has 3 rings (SSSR count). The van der Waals surface area contributed by atoms with E-state index in [4.69, 9.17) is 12.2 Å². The number of anilines is 2. The van der Waals surface area contributed by atoms with Gasteiger partial charge in [0, 0.05) is 11.4 Å². The fraction of sp³-hybridized carbons (Fsp3) is 0.105. The molecule has 0 saturated heterocycles. The van der Waals surface area contributed by atoms with Crippen LogP contribution in [0, 0.1) is 13.8 Å². The monoisotopic (exact) mass is 306 g/mol. The lowest BCUT2D eigenvalue weighted by Crippen LogP contribution is -2.19. The van der Waals surface area contributed by atoms with Gasteiger partial charge in [0.2, 0.25) is 0 Å². The van der Waals surface area contributed by atoms with Crippen molar-refractivity contribution < 1.29 is 0 Å². The highest BCUT2D eigenvalue weighted by atomic mass is 32.1. The van der Waals surface area contributed by atoms with Crippen LogP contribution in [0.15, 0.2) is 60.7 Å². The van der Waals surface area contributed by atoms with E-state index in [9.17, 15) is 0 Å². The molecule has 2 nitrogen and oxygen atoms in total. The largest absolute Gasteiger partial charge is 0.332 e. The molecule has 0 unspecified atom stereocenters. The van der Waals surface area contributed by atoms with Gasteiger partial charge in [-0.15, -0.1) is 0 Å². The van der Waals surface area contributed by atoms with Crippen LogP contribution in [-0.2, 0) is 0 Å². The smallest absolute Gasteiger partial charge is 0.175 e. The molecule has 0 radical (unpaired) electrons. The molecule has 0 bridgehead atoms. The molecule has 0 aliphatic carbocycles. The molecule has 22 heavy (non-hydrogen) atoms. The molecule has 0 amide bonds. The highest BCUT2D eigenvalue weighted by Crippen LogP contribution is 2.19. The summed E-state index contributed by atoms with van der Waals surface area (Å²) in [6.45, 7) is 4.20. The van der Waals surface area contributed by atoms with Crippen LogP contribution >= 0.6 is 12.2 Å². The Kier molecular flexibility index (Phi) is 4.07. The third-order valence-electron chi connectivity index (χ3n) is 3.77. The standard InChI is InChI=1S/C19H18N2S/c1-13-7-9-17(11-14(13)2)20-19(22)21-18-10-8-15-5-3-4-6-16(15)12-18/h3-12H,1-2H3,(H2,20,21,22). The van der Waals surface area contributed by atoms with Crippen LogP contribution in [0.1, 0.15) is 11.1 Å². The molecule has 0 atom stereocenters. The molecule has 0 aliphatic heterocycles. The third kappa shape index (κ3) is 3.26. The zero-order chi connectivity index (χ0) is 15.5. The number of fused-ring (bicyclic) bond motifs is 1. The summed E-state index contributed by atoms with van der Waals surface area (Å²) in [5.41, 5.74) is 4.51. The first-order valence-electron chi connectivity index (χ1n) is 7.26. The second kappa shape index (κ2) is 6.16.